The Labute approximate surface area is 60.4 Å². The Morgan fingerprint density at radius 1 is 1.20 bits per heavy atom. The molecule has 0 amide bonds. The third-order valence-electron chi connectivity index (χ3n) is 2.22. The van der Waals surface area contributed by atoms with Crippen LogP contribution in [0.5, 0.6) is 0 Å². The molecule has 0 saturated carbocycles. The second kappa shape index (κ2) is 2.49. The largest absolute Gasteiger partial charge is 0.393 e. The number of hydrogen-bond donors (Lipinski definition) is 2. The van der Waals surface area contributed by atoms with Gasteiger partial charge in [-0.05, 0) is 12.8 Å². The van der Waals surface area contributed by atoms with Crippen molar-refractivity contribution in [1.82, 2.24) is 5.32 Å². The fourth-order valence-electron chi connectivity index (χ4n) is 1.81. The highest BCUT2D eigenvalue weighted by molar-refractivity contribution is 4.87. The SMILES string of the molecule is OC1C[C@H]2COC[C@H](C1)N2. The highest BCUT2D eigenvalue weighted by atomic mass is 16.5. The van der Waals surface area contributed by atoms with Gasteiger partial charge in [0, 0.05) is 12.1 Å². The maximum absolute atomic E-state index is 9.32. The van der Waals surface area contributed by atoms with Crippen molar-refractivity contribution in [2.45, 2.75) is 31.0 Å². The van der Waals surface area contributed by atoms with Crippen LogP contribution in [-0.4, -0.2) is 36.5 Å². The van der Waals surface area contributed by atoms with E-state index in [1.807, 2.05) is 0 Å². The second-order valence-electron chi connectivity index (χ2n) is 3.22. The van der Waals surface area contributed by atoms with Crippen LogP contribution in [-0.2, 0) is 4.74 Å². The molecule has 2 fully saturated rings. The molecule has 0 radical (unpaired) electrons. The molecule has 2 aliphatic rings. The van der Waals surface area contributed by atoms with E-state index in [4.69, 9.17) is 4.74 Å². The van der Waals surface area contributed by atoms with E-state index in [1.54, 1.807) is 0 Å². The minimum atomic E-state index is -0.0971. The Morgan fingerprint density at radius 2 is 1.80 bits per heavy atom. The van der Waals surface area contributed by atoms with Crippen LogP contribution in [0.4, 0.5) is 0 Å². The third kappa shape index (κ3) is 1.17. The number of rotatable bonds is 0. The van der Waals surface area contributed by atoms with Gasteiger partial charge >= 0.3 is 0 Å². The molecule has 2 aliphatic heterocycles. The molecule has 10 heavy (non-hydrogen) atoms. The van der Waals surface area contributed by atoms with Crippen molar-refractivity contribution < 1.29 is 9.84 Å². The van der Waals surface area contributed by atoms with E-state index in [2.05, 4.69) is 5.32 Å². The normalized spacial score (nSPS) is 47.1. The van der Waals surface area contributed by atoms with Crippen LogP contribution in [0.1, 0.15) is 12.8 Å². The van der Waals surface area contributed by atoms with E-state index in [9.17, 15) is 5.11 Å². The Kier molecular flexibility index (Phi) is 1.64. The maximum atomic E-state index is 9.32. The molecule has 0 aromatic rings. The summed E-state index contributed by atoms with van der Waals surface area (Å²) >= 11 is 0. The smallest absolute Gasteiger partial charge is 0.0621 e. The second-order valence-corrected chi connectivity index (χ2v) is 3.22. The number of aliphatic hydroxyl groups is 1. The number of ether oxygens (including phenoxy) is 1. The zero-order chi connectivity index (χ0) is 6.97. The molecule has 0 spiro atoms. The maximum Gasteiger partial charge on any atom is 0.0621 e. The lowest BCUT2D eigenvalue weighted by Gasteiger charge is -2.38. The number of fused-ring (bicyclic) bond motifs is 2. The summed E-state index contributed by atoms with van der Waals surface area (Å²) in [6, 6.07) is 0.810. The Hall–Kier alpha value is -0.120. The minimum absolute atomic E-state index is 0.0971. The number of piperidine rings is 1. The van der Waals surface area contributed by atoms with Crippen molar-refractivity contribution in [3.05, 3.63) is 0 Å². The van der Waals surface area contributed by atoms with Crippen molar-refractivity contribution >= 4 is 0 Å². The summed E-state index contributed by atoms with van der Waals surface area (Å²) in [4.78, 5) is 0. The van der Waals surface area contributed by atoms with E-state index >= 15 is 0 Å². The van der Waals surface area contributed by atoms with E-state index in [1.165, 1.54) is 0 Å². The number of morpholine rings is 1. The summed E-state index contributed by atoms with van der Waals surface area (Å²) in [6.07, 6.45) is 1.62. The van der Waals surface area contributed by atoms with Gasteiger partial charge in [0.25, 0.3) is 0 Å². The van der Waals surface area contributed by atoms with E-state index in [0.29, 0.717) is 12.1 Å². The van der Waals surface area contributed by atoms with Crippen molar-refractivity contribution in [3.8, 4) is 0 Å². The molecule has 2 N–H and O–H groups in total. The molecule has 2 heterocycles. The van der Waals surface area contributed by atoms with Crippen molar-refractivity contribution in [1.29, 1.82) is 0 Å². The van der Waals surface area contributed by atoms with Gasteiger partial charge in [0.05, 0.1) is 19.3 Å². The summed E-state index contributed by atoms with van der Waals surface area (Å²) in [7, 11) is 0. The van der Waals surface area contributed by atoms with Gasteiger partial charge in [-0.25, -0.2) is 0 Å². The fraction of sp³-hybridized carbons (Fsp3) is 1.00. The summed E-state index contributed by atoms with van der Waals surface area (Å²) in [6.45, 7) is 1.54. The first-order chi connectivity index (χ1) is 4.84. The van der Waals surface area contributed by atoms with Crippen LogP contribution in [0.15, 0.2) is 0 Å². The lowest BCUT2D eigenvalue weighted by atomic mass is 9.95. The summed E-state index contributed by atoms with van der Waals surface area (Å²) in [5, 5.41) is 12.7. The van der Waals surface area contributed by atoms with Crippen LogP contribution >= 0.6 is 0 Å². The van der Waals surface area contributed by atoms with E-state index < -0.39 is 0 Å². The summed E-state index contributed by atoms with van der Waals surface area (Å²) < 4.78 is 5.31. The first kappa shape index (κ1) is 6.58. The van der Waals surface area contributed by atoms with Crippen LogP contribution in [0.25, 0.3) is 0 Å². The van der Waals surface area contributed by atoms with Crippen LogP contribution in [0.2, 0.25) is 0 Å². The van der Waals surface area contributed by atoms with Gasteiger partial charge in [-0.1, -0.05) is 0 Å². The average Bonchev–Trinajstić information content (AvgIpc) is 1.85. The molecule has 2 rings (SSSR count). The van der Waals surface area contributed by atoms with Gasteiger partial charge in [-0.15, -0.1) is 0 Å². The zero-order valence-corrected chi connectivity index (χ0v) is 5.92. The van der Waals surface area contributed by atoms with Gasteiger partial charge < -0.3 is 15.2 Å². The monoisotopic (exact) mass is 143 g/mol. The zero-order valence-electron chi connectivity index (χ0n) is 5.92. The van der Waals surface area contributed by atoms with Gasteiger partial charge in [-0.3, -0.25) is 0 Å². The molecule has 0 aromatic carbocycles. The van der Waals surface area contributed by atoms with Crippen LogP contribution < -0.4 is 5.32 Å². The summed E-state index contributed by atoms with van der Waals surface area (Å²) in [5.41, 5.74) is 0. The highest BCUT2D eigenvalue weighted by Crippen LogP contribution is 2.17. The third-order valence-corrected chi connectivity index (χ3v) is 2.22. The predicted molar refractivity (Wildman–Crippen MR) is 36.8 cm³/mol. The number of hydrogen-bond acceptors (Lipinski definition) is 3. The predicted octanol–water partition coefficient (Wildman–Crippen LogP) is -0.502. The molecule has 2 saturated heterocycles. The van der Waals surface area contributed by atoms with Gasteiger partial charge in [0.1, 0.15) is 0 Å². The lowest BCUT2D eigenvalue weighted by molar-refractivity contribution is -0.0193. The van der Waals surface area contributed by atoms with Crippen molar-refractivity contribution in [3.63, 3.8) is 0 Å². The fourth-order valence-corrected chi connectivity index (χ4v) is 1.81. The minimum Gasteiger partial charge on any atom is -0.393 e. The summed E-state index contributed by atoms with van der Waals surface area (Å²) in [5.74, 6) is 0. The molecule has 0 aromatic heterocycles. The Balaban J connectivity index is 1.98. The van der Waals surface area contributed by atoms with Crippen LogP contribution in [0, 0.1) is 0 Å². The molecule has 0 aliphatic carbocycles. The van der Waals surface area contributed by atoms with Crippen molar-refractivity contribution in [2.24, 2.45) is 0 Å². The molecule has 2 bridgehead atoms. The topological polar surface area (TPSA) is 41.5 Å². The molecule has 3 nitrogen and oxygen atoms in total. The van der Waals surface area contributed by atoms with Gasteiger partial charge in [0.2, 0.25) is 0 Å². The number of nitrogens with one attached hydrogen (secondary N) is 1. The molecular formula is C7H13NO2. The molecule has 0 unspecified atom stereocenters. The van der Waals surface area contributed by atoms with Gasteiger partial charge in [0.15, 0.2) is 0 Å². The van der Waals surface area contributed by atoms with Crippen molar-refractivity contribution in [2.75, 3.05) is 13.2 Å². The molecule has 3 heteroatoms. The molecule has 2 atom stereocenters. The first-order valence-corrected chi connectivity index (χ1v) is 3.86. The van der Waals surface area contributed by atoms with Crippen LogP contribution in [0.3, 0.4) is 0 Å². The Bertz CT molecular complexity index is 113. The first-order valence-electron chi connectivity index (χ1n) is 3.86. The molecule has 58 valence electrons. The lowest BCUT2D eigenvalue weighted by Crippen LogP contribution is -2.55. The Morgan fingerprint density at radius 3 is 2.40 bits per heavy atom. The molecular weight excluding hydrogens is 130 g/mol. The van der Waals surface area contributed by atoms with E-state index in [0.717, 1.165) is 26.1 Å². The van der Waals surface area contributed by atoms with Gasteiger partial charge in [-0.2, -0.15) is 0 Å². The average molecular weight is 143 g/mol. The highest BCUT2D eigenvalue weighted by Gasteiger charge is 2.30. The van der Waals surface area contributed by atoms with E-state index in [-0.39, 0.29) is 6.10 Å². The number of aliphatic hydroxyl groups excluding tert-OH is 1. The quantitative estimate of drug-likeness (QED) is 0.480. The standard InChI is InChI=1S/C7H13NO2/c9-7-1-5-3-10-4-6(2-7)8-5/h5-9H,1-4H2/t5-,6-/m0/s1.